The molecular formula is C20H24N2O2. The van der Waals surface area contributed by atoms with Crippen LogP contribution in [0.25, 0.3) is 0 Å². The highest BCUT2D eigenvalue weighted by atomic mass is 16.2. The Kier molecular flexibility index (Phi) is 3.91. The molecule has 1 aromatic carbocycles. The van der Waals surface area contributed by atoms with Gasteiger partial charge in [-0.3, -0.25) is 9.59 Å². The second-order valence-corrected chi connectivity index (χ2v) is 7.35. The molecular weight excluding hydrogens is 300 g/mol. The highest BCUT2D eigenvalue weighted by Gasteiger charge is 2.39. The number of carbonyl (C=O) groups is 2. The number of benzene rings is 1. The maximum atomic E-state index is 12.7. The number of rotatable bonds is 3. The number of nitrogens with one attached hydrogen (secondary N) is 1. The van der Waals surface area contributed by atoms with E-state index < -0.39 is 0 Å². The summed E-state index contributed by atoms with van der Waals surface area (Å²) in [5.74, 6) is 1.24. The molecule has 4 rings (SSSR count). The van der Waals surface area contributed by atoms with Gasteiger partial charge in [-0.1, -0.05) is 18.2 Å². The summed E-state index contributed by atoms with van der Waals surface area (Å²) >= 11 is 0. The lowest BCUT2D eigenvalue weighted by atomic mass is 9.92. The number of fused-ring (bicyclic) bond motifs is 2. The van der Waals surface area contributed by atoms with Gasteiger partial charge >= 0.3 is 0 Å². The molecule has 4 heteroatoms. The first-order valence-electron chi connectivity index (χ1n) is 9.01. The van der Waals surface area contributed by atoms with Crippen LogP contribution in [0.2, 0.25) is 0 Å². The van der Waals surface area contributed by atoms with Crippen molar-refractivity contribution in [3.8, 4) is 0 Å². The topological polar surface area (TPSA) is 49.4 Å². The zero-order valence-electron chi connectivity index (χ0n) is 14.1. The van der Waals surface area contributed by atoms with E-state index in [2.05, 4.69) is 17.5 Å². The minimum atomic E-state index is 0.0809. The molecule has 0 aromatic heterocycles. The summed E-state index contributed by atoms with van der Waals surface area (Å²) in [7, 11) is 0. The van der Waals surface area contributed by atoms with Crippen molar-refractivity contribution in [1.29, 1.82) is 0 Å². The van der Waals surface area contributed by atoms with E-state index in [-0.39, 0.29) is 17.7 Å². The number of hydrogen-bond donors (Lipinski definition) is 1. The fourth-order valence-corrected chi connectivity index (χ4v) is 4.40. The first-order chi connectivity index (χ1) is 11.6. The molecule has 2 amide bonds. The van der Waals surface area contributed by atoms with Crippen molar-refractivity contribution in [1.82, 2.24) is 4.90 Å². The smallest absolute Gasteiger partial charge is 0.254 e. The number of likely N-dealkylation sites (tertiary alicyclic amines) is 1. The molecule has 24 heavy (non-hydrogen) atoms. The lowest BCUT2D eigenvalue weighted by Crippen LogP contribution is -2.29. The normalized spacial score (nSPS) is 27.7. The van der Waals surface area contributed by atoms with E-state index in [1.165, 1.54) is 0 Å². The van der Waals surface area contributed by atoms with Crippen molar-refractivity contribution >= 4 is 17.5 Å². The lowest BCUT2D eigenvalue weighted by Gasteiger charge is -2.21. The Balaban J connectivity index is 1.51. The van der Waals surface area contributed by atoms with Crippen molar-refractivity contribution in [3.05, 3.63) is 41.5 Å². The van der Waals surface area contributed by atoms with Crippen LogP contribution in [0.4, 0.5) is 5.69 Å². The molecule has 1 saturated carbocycles. The molecule has 2 bridgehead atoms. The molecule has 2 aliphatic carbocycles. The Morgan fingerprint density at radius 2 is 1.92 bits per heavy atom. The molecule has 0 radical (unpaired) electrons. The minimum absolute atomic E-state index is 0.0809. The SMILES string of the molecule is Cc1c(NC(=O)[C@H]2C[C@H]3C=C[C@H]2C3)cccc1C(=O)N1CCCC1. The molecule has 1 heterocycles. The third kappa shape index (κ3) is 2.64. The molecule has 1 aliphatic heterocycles. The number of hydrogen-bond acceptors (Lipinski definition) is 2. The lowest BCUT2D eigenvalue weighted by molar-refractivity contribution is -0.120. The van der Waals surface area contributed by atoms with Gasteiger partial charge in [-0.15, -0.1) is 0 Å². The van der Waals surface area contributed by atoms with Gasteiger partial charge in [-0.05, 0) is 62.1 Å². The molecule has 0 unspecified atom stereocenters. The van der Waals surface area contributed by atoms with Crippen molar-refractivity contribution in [2.45, 2.75) is 32.6 Å². The van der Waals surface area contributed by atoms with Crippen molar-refractivity contribution in [2.24, 2.45) is 17.8 Å². The summed E-state index contributed by atoms with van der Waals surface area (Å²) in [6, 6.07) is 5.63. The fraction of sp³-hybridized carbons (Fsp3) is 0.500. The average Bonchev–Trinajstić information content (AvgIpc) is 3.33. The number of nitrogens with zero attached hydrogens (tertiary/aromatic N) is 1. The van der Waals surface area contributed by atoms with Gasteiger partial charge in [0.05, 0.1) is 0 Å². The maximum absolute atomic E-state index is 12.7. The molecule has 1 aromatic rings. The van der Waals surface area contributed by atoms with E-state index in [0.29, 0.717) is 17.4 Å². The quantitative estimate of drug-likeness (QED) is 0.867. The van der Waals surface area contributed by atoms with E-state index in [4.69, 9.17) is 0 Å². The zero-order chi connectivity index (χ0) is 16.7. The third-order valence-corrected chi connectivity index (χ3v) is 5.83. The Labute approximate surface area is 142 Å². The summed E-state index contributed by atoms with van der Waals surface area (Å²) in [6.45, 7) is 3.61. The Bertz CT molecular complexity index is 704. The van der Waals surface area contributed by atoms with E-state index in [1.54, 1.807) is 0 Å². The Hall–Kier alpha value is -2.10. The molecule has 4 nitrogen and oxygen atoms in total. The predicted octanol–water partition coefficient (Wildman–Crippen LogP) is 3.38. The van der Waals surface area contributed by atoms with Crippen LogP contribution < -0.4 is 5.32 Å². The van der Waals surface area contributed by atoms with Crippen LogP contribution in [-0.2, 0) is 4.79 Å². The number of amides is 2. The van der Waals surface area contributed by atoms with Crippen molar-refractivity contribution < 1.29 is 9.59 Å². The number of anilines is 1. The minimum Gasteiger partial charge on any atom is -0.339 e. The van der Waals surface area contributed by atoms with Gasteiger partial charge in [0.25, 0.3) is 5.91 Å². The molecule has 1 saturated heterocycles. The third-order valence-electron chi connectivity index (χ3n) is 5.83. The summed E-state index contributed by atoms with van der Waals surface area (Å²) in [5, 5.41) is 3.08. The summed E-state index contributed by atoms with van der Waals surface area (Å²) < 4.78 is 0. The van der Waals surface area contributed by atoms with Crippen LogP contribution in [0.3, 0.4) is 0 Å². The molecule has 2 fully saturated rings. The standard InChI is InChI=1S/C20H24N2O2/c1-13-16(20(24)22-9-2-3-10-22)5-4-6-18(13)21-19(23)17-12-14-7-8-15(17)11-14/h4-8,14-15,17H,2-3,9-12H2,1H3,(H,21,23)/t14-,15-,17-/m0/s1. The number of carbonyl (C=O) groups excluding carboxylic acids is 2. The van der Waals surface area contributed by atoms with Gasteiger partial charge in [0.1, 0.15) is 0 Å². The Morgan fingerprint density at radius 3 is 2.58 bits per heavy atom. The van der Waals surface area contributed by atoms with E-state index in [1.807, 2.05) is 30.0 Å². The zero-order valence-corrected chi connectivity index (χ0v) is 14.1. The van der Waals surface area contributed by atoms with Gasteiger partial charge in [0.2, 0.25) is 5.91 Å². The van der Waals surface area contributed by atoms with Crippen LogP contribution in [0.15, 0.2) is 30.4 Å². The number of allylic oxidation sites excluding steroid dienone is 2. The maximum Gasteiger partial charge on any atom is 0.254 e. The van der Waals surface area contributed by atoms with E-state index in [0.717, 1.165) is 50.0 Å². The molecule has 3 aliphatic rings. The van der Waals surface area contributed by atoms with Crippen molar-refractivity contribution in [3.63, 3.8) is 0 Å². The van der Waals surface area contributed by atoms with Gasteiger partial charge in [0.15, 0.2) is 0 Å². The Morgan fingerprint density at radius 1 is 1.12 bits per heavy atom. The second kappa shape index (κ2) is 6.08. The largest absolute Gasteiger partial charge is 0.339 e. The van der Waals surface area contributed by atoms with E-state index in [9.17, 15) is 9.59 Å². The highest BCUT2D eigenvalue weighted by Crippen LogP contribution is 2.43. The van der Waals surface area contributed by atoms with Crippen LogP contribution >= 0.6 is 0 Å². The molecule has 0 spiro atoms. The van der Waals surface area contributed by atoms with Gasteiger partial charge in [0, 0.05) is 30.3 Å². The van der Waals surface area contributed by atoms with Crippen LogP contribution in [-0.4, -0.2) is 29.8 Å². The molecule has 3 atom stereocenters. The van der Waals surface area contributed by atoms with Crippen molar-refractivity contribution in [2.75, 3.05) is 18.4 Å². The predicted molar refractivity (Wildman–Crippen MR) is 93.8 cm³/mol. The fourth-order valence-electron chi connectivity index (χ4n) is 4.40. The first-order valence-corrected chi connectivity index (χ1v) is 9.01. The van der Waals surface area contributed by atoms with E-state index >= 15 is 0 Å². The second-order valence-electron chi connectivity index (χ2n) is 7.35. The first kappa shape index (κ1) is 15.4. The van der Waals surface area contributed by atoms with Crippen LogP contribution in [0.5, 0.6) is 0 Å². The monoisotopic (exact) mass is 324 g/mol. The highest BCUT2D eigenvalue weighted by molar-refractivity contribution is 6.00. The van der Waals surface area contributed by atoms with Gasteiger partial charge in [-0.2, -0.15) is 0 Å². The summed E-state index contributed by atoms with van der Waals surface area (Å²) in [4.78, 5) is 27.2. The average molecular weight is 324 g/mol. The molecule has 1 N–H and O–H groups in total. The van der Waals surface area contributed by atoms with Crippen LogP contribution in [0, 0.1) is 24.7 Å². The van der Waals surface area contributed by atoms with Gasteiger partial charge in [-0.25, -0.2) is 0 Å². The summed E-state index contributed by atoms with van der Waals surface area (Å²) in [5.41, 5.74) is 2.36. The summed E-state index contributed by atoms with van der Waals surface area (Å²) in [6.07, 6.45) is 8.68. The molecule has 126 valence electrons. The van der Waals surface area contributed by atoms with Gasteiger partial charge < -0.3 is 10.2 Å². The van der Waals surface area contributed by atoms with Crippen LogP contribution in [0.1, 0.15) is 41.6 Å².